The van der Waals surface area contributed by atoms with E-state index in [1.165, 1.54) is 6.07 Å². The number of nitrogens with zero attached hydrogens (tertiary/aromatic N) is 1. The van der Waals surface area contributed by atoms with E-state index in [-0.39, 0.29) is 11.7 Å². The Morgan fingerprint density at radius 1 is 1.18 bits per heavy atom. The van der Waals surface area contributed by atoms with Crippen LogP contribution in [0.4, 0.5) is 4.79 Å². The molecule has 0 fully saturated rings. The second kappa shape index (κ2) is 11.8. The summed E-state index contributed by atoms with van der Waals surface area (Å²) in [4.78, 5) is 49.1. The molecule has 0 bridgehead atoms. The van der Waals surface area contributed by atoms with Crippen LogP contribution in [-0.4, -0.2) is 51.4 Å². The Kier molecular flexibility index (Phi) is 10.1. The fraction of sp³-hybridized carbons (Fsp3) is 0.696. The van der Waals surface area contributed by atoms with Gasteiger partial charge in [-0.05, 0) is 46.5 Å². The predicted molar refractivity (Wildman–Crippen MR) is 122 cm³/mol. The largest absolute Gasteiger partial charge is 0.479 e. The summed E-state index contributed by atoms with van der Waals surface area (Å²) < 4.78 is 15.9. The molecule has 11 nitrogen and oxygen atoms in total. The maximum atomic E-state index is 12.8. The molecule has 3 N–H and O–H groups in total. The van der Waals surface area contributed by atoms with Gasteiger partial charge in [0.25, 0.3) is 0 Å². The van der Waals surface area contributed by atoms with Crippen LogP contribution < -0.4 is 10.6 Å². The molecule has 192 valence electrons. The van der Waals surface area contributed by atoms with Crippen molar-refractivity contribution in [3.05, 3.63) is 17.5 Å². The van der Waals surface area contributed by atoms with Gasteiger partial charge in [0.15, 0.2) is 0 Å². The molecule has 1 aromatic rings. The van der Waals surface area contributed by atoms with Gasteiger partial charge in [-0.1, -0.05) is 25.9 Å². The Hall–Kier alpha value is -3.11. The Morgan fingerprint density at radius 3 is 2.26 bits per heavy atom. The van der Waals surface area contributed by atoms with Crippen LogP contribution in [0.1, 0.15) is 85.7 Å². The summed E-state index contributed by atoms with van der Waals surface area (Å²) in [5.41, 5.74) is -2.78. The first-order chi connectivity index (χ1) is 15.6. The smallest absolute Gasteiger partial charge is 0.408 e. The maximum Gasteiger partial charge on any atom is 0.408 e. The molecule has 1 aromatic heterocycles. The van der Waals surface area contributed by atoms with E-state index in [4.69, 9.17) is 14.0 Å². The number of alkyl carbamates (subject to hydrolysis) is 1. The van der Waals surface area contributed by atoms with Gasteiger partial charge in [0.1, 0.15) is 17.1 Å². The van der Waals surface area contributed by atoms with Crippen LogP contribution in [0.2, 0.25) is 0 Å². The monoisotopic (exact) mass is 483 g/mol. The first-order valence-corrected chi connectivity index (χ1v) is 11.3. The summed E-state index contributed by atoms with van der Waals surface area (Å²) >= 11 is 0. The zero-order valence-corrected chi connectivity index (χ0v) is 21.2. The van der Waals surface area contributed by atoms with Crippen molar-refractivity contribution in [1.29, 1.82) is 0 Å². The van der Waals surface area contributed by atoms with Crippen molar-refractivity contribution >= 4 is 23.9 Å². The molecule has 0 saturated heterocycles. The number of carbonyl (C=O) groups is 4. The quantitative estimate of drug-likeness (QED) is 0.318. The van der Waals surface area contributed by atoms with E-state index in [1.807, 2.05) is 13.8 Å². The van der Waals surface area contributed by atoms with E-state index in [2.05, 4.69) is 15.8 Å². The lowest BCUT2D eigenvalue weighted by molar-refractivity contribution is -0.168. The summed E-state index contributed by atoms with van der Waals surface area (Å²) in [7, 11) is 0. The van der Waals surface area contributed by atoms with Crippen LogP contribution in [0, 0.1) is 5.92 Å². The van der Waals surface area contributed by atoms with Gasteiger partial charge in [0.2, 0.25) is 11.4 Å². The Bertz CT molecular complexity index is 874. The number of carboxylic acid groups (broad SMARTS) is 1. The van der Waals surface area contributed by atoms with Gasteiger partial charge in [-0.3, -0.25) is 4.79 Å². The molecule has 0 aromatic carbocycles. The number of ether oxygens (including phenoxy) is 2. The highest BCUT2D eigenvalue weighted by Gasteiger charge is 2.50. The third-order valence-electron chi connectivity index (χ3n) is 4.76. The molecule has 3 unspecified atom stereocenters. The van der Waals surface area contributed by atoms with Crippen molar-refractivity contribution in [2.75, 3.05) is 0 Å². The van der Waals surface area contributed by atoms with Crippen LogP contribution in [0.3, 0.4) is 0 Å². The van der Waals surface area contributed by atoms with E-state index in [0.717, 1.165) is 6.92 Å². The van der Waals surface area contributed by atoms with Crippen molar-refractivity contribution < 1.29 is 38.3 Å². The predicted octanol–water partition coefficient (Wildman–Crippen LogP) is 3.13. The Balaban J connectivity index is 3.26. The molecular formula is C23H37N3O8. The number of esters is 1. The van der Waals surface area contributed by atoms with Gasteiger partial charge in [0, 0.05) is 13.0 Å². The van der Waals surface area contributed by atoms with Gasteiger partial charge in [0.05, 0.1) is 18.6 Å². The number of hydrogen-bond donors (Lipinski definition) is 3. The summed E-state index contributed by atoms with van der Waals surface area (Å²) in [6.45, 7) is 13.6. The number of nitrogens with one attached hydrogen (secondary N) is 2. The van der Waals surface area contributed by atoms with Crippen molar-refractivity contribution in [3.8, 4) is 0 Å². The van der Waals surface area contributed by atoms with Gasteiger partial charge >= 0.3 is 18.0 Å². The lowest BCUT2D eigenvalue weighted by atomic mass is 9.92. The number of aromatic nitrogens is 1. The first-order valence-electron chi connectivity index (χ1n) is 11.3. The summed E-state index contributed by atoms with van der Waals surface area (Å²) in [6, 6.07) is 0.861. The van der Waals surface area contributed by atoms with E-state index in [9.17, 15) is 24.3 Å². The highest BCUT2D eigenvalue weighted by Crippen LogP contribution is 2.25. The minimum absolute atomic E-state index is 0.0204. The zero-order valence-electron chi connectivity index (χ0n) is 21.2. The normalized spacial score (nSPS) is 15.1. The molecule has 1 heterocycles. The van der Waals surface area contributed by atoms with E-state index >= 15 is 0 Å². The van der Waals surface area contributed by atoms with Crippen LogP contribution in [0.25, 0.3) is 0 Å². The van der Waals surface area contributed by atoms with Crippen molar-refractivity contribution in [3.63, 3.8) is 0 Å². The van der Waals surface area contributed by atoms with Crippen molar-refractivity contribution in [2.45, 2.75) is 97.9 Å². The van der Waals surface area contributed by atoms with Gasteiger partial charge in [-0.25, -0.2) is 14.4 Å². The third-order valence-corrected chi connectivity index (χ3v) is 4.76. The summed E-state index contributed by atoms with van der Waals surface area (Å²) in [5.74, 6) is -3.25. The lowest BCUT2D eigenvalue weighted by Gasteiger charge is -2.28. The minimum atomic E-state index is -2.40. The van der Waals surface area contributed by atoms with Crippen molar-refractivity contribution in [1.82, 2.24) is 15.8 Å². The van der Waals surface area contributed by atoms with Gasteiger partial charge in [-0.15, -0.1) is 0 Å². The number of carbonyl (C=O) groups excluding carboxylic acids is 3. The second-order valence-electron chi connectivity index (χ2n) is 9.74. The molecule has 11 heteroatoms. The standard InChI is InChI=1S/C23H37N3O8/c1-9-14(4)32-20(30)23(19(28)29,25-15(5)27)12-16-11-18(26-34-16)17(10-13(2)3)24-21(31)33-22(6,7)8/h11,13-14,17H,9-10,12H2,1-8H3,(H,24,31)(H,25,27)(H,28,29). The van der Waals surface area contributed by atoms with Crippen LogP contribution >= 0.6 is 0 Å². The first kappa shape index (κ1) is 28.9. The molecular weight excluding hydrogens is 446 g/mol. The molecule has 0 radical (unpaired) electrons. The molecule has 0 aliphatic heterocycles. The Morgan fingerprint density at radius 2 is 1.79 bits per heavy atom. The molecule has 0 spiro atoms. The fourth-order valence-electron chi connectivity index (χ4n) is 3.06. The Labute approximate surface area is 199 Å². The van der Waals surface area contributed by atoms with E-state index in [1.54, 1.807) is 34.6 Å². The van der Waals surface area contributed by atoms with E-state index in [0.29, 0.717) is 18.5 Å². The summed E-state index contributed by atoms with van der Waals surface area (Å²) in [6.07, 6.45) is -0.778. The molecule has 0 aliphatic carbocycles. The van der Waals surface area contributed by atoms with Crippen LogP contribution in [0.15, 0.2) is 10.6 Å². The molecule has 3 atom stereocenters. The SMILES string of the molecule is CCC(C)OC(=O)C(Cc1cc(C(CC(C)C)NC(=O)OC(C)(C)C)no1)(NC(C)=O)C(=O)O. The molecule has 0 saturated carbocycles. The fourth-order valence-corrected chi connectivity index (χ4v) is 3.06. The average Bonchev–Trinajstić information content (AvgIpc) is 3.12. The molecule has 2 amide bonds. The highest BCUT2D eigenvalue weighted by atomic mass is 16.6. The van der Waals surface area contributed by atoms with E-state index < -0.39 is 53.6 Å². The van der Waals surface area contributed by atoms with Gasteiger partial charge < -0.3 is 29.7 Å². The van der Waals surface area contributed by atoms with Crippen LogP contribution in [-0.2, 0) is 30.3 Å². The highest BCUT2D eigenvalue weighted by molar-refractivity contribution is 6.07. The maximum absolute atomic E-state index is 12.8. The van der Waals surface area contributed by atoms with Crippen LogP contribution in [0.5, 0.6) is 0 Å². The number of aliphatic carboxylic acids is 1. The number of amides is 2. The van der Waals surface area contributed by atoms with Crippen molar-refractivity contribution in [2.24, 2.45) is 5.92 Å². The van der Waals surface area contributed by atoms with Gasteiger partial charge in [-0.2, -0.15) is 0 Å². The number of hydrogen-bond acceptors (Lipinski definition) is 8. The third kappa shape index (κ3) is 8.68. The molecule has 34 heavy (non-hydrogen) atoms. The second-order valence-corrected chi connectivity index (χ2v) is 9.74. The molecule has 1 rings (SSSR count). The lowest BCUT2D eigenvalue weighted by Crippen LogP contribution is -2.62. The molecule has 0 aliphatic rings. The topological polar surface area (TPSA) is 157 Å². The average molecular weight is 484 g/mol. The zero-order chi connectivity index (χ0) is 26.3. The summed E-state index contributed by atoms with van der Waals surface area (Å²) in [5, 5.41) is 18.8. The number of carboxylic acids is 1. The minimum Gasteiger partial charge on any atom is -0.479 e. The number of rotatable bonds is 11.